The van der Waals surface area contributed by atoms with Crippen molar-refractivity contribution in [2.75, 3.05) is 11.1 Å². The molecule has 0 bridgehead atoms. The van der Waals surface area contributed by atoms with E-state index in [4.69, 9.17) is 4.42 Å². The summed E-state index contributed by atoms with van der Waals surface area (Å²) in [4.78, 5) is 27.8. The maximum absolute atomic E-state index is 12.1. The number of aryl methyl sites for hydroxylation is 2. The van der Waals surface area contributed by atoms with E-state index >= 15 is 0 Å². The topological polar surface area (TPSA) is 72.2 Å². The maximum atomic E-state index is 12.1. The molecule has 0 unspecified atom stereocenters. The van der Waals surface area contributed by atoms with Crippen LogP contribution in [0.1, 0.15) is 28.4 Å². The Morgan fingerprint density at radius 3 is 2.67 bits per heavy atom. The zero-order chi connectivity index (χ0) is 19.4. The quantitative estimate of drug-likeness (QED) is 0.487. The van der Waals surface area contributed by atoms with Crippen molar-refractivity contribution in [1.29, 1.82) is 0 Å². The van der Waals surface area contributed by atoms with Crippen molar-refractivity contribution in [3.05, 3.63) is 65.4 Å². The van der Waals surface area contributed by atoms with E-state index in [9.17, 15) is 9.59 Å². The average Bonchev–Trinajstić information content (AvgIpc) is 3.11. The minimum absolute atomic E-state index is 0.0425. The van der Waals surface area contributed by atoms with Crippen LogP contribution in [0.15, 0.2) is 58.3 Å². The minimum Gasteiger partial charge on any atom is -0.431 e. The second kappa shape index (κ2) is 8.22. The molecule has 1 aromatic heterocycles. The van der Waals surface area contributed by atoms with E-state index in [0.29, 0.717) is 22.2 Å². The van der Waals surface area contributed by atoms with Gasteiger partial charge < -0.3 is 9.73 Å². The Morgan fingerprint density at radius 1 is 1.11 bits per heavy atom. The lowest BCUT2D eigenvalue weighted by Crippen LogP contribution is -2.14. The van der Waals surface area contributed by atoms with Gasteiger partial charge in [0.15, 0.2) is 11.5 Å². The van der Waals surface area contributed by atoms with Crippen LogP contribution < -0.4 is 5.32 Å². The van der Waals surface area contributed by atoms with Gasteiger partial charge in [-0.2, -0.15) is 0 Å². The second-order valence-corrected chi connectivity index (χ2v) is 7.19. The summed E-state index contributed by atoms with van der Waals surface area (Å²) in [6.45, 7) is 5.61. The highest BCUT2D eigenvalue weighted by molar-refractivity contribution is 7.99. The zero-order valence-electron chi connectivity index (χ0n) is 15.4. The number of rotatable bonds is 6. The van der Waals surface area contributed by atoms with Gasteiger partial charge >= 0.3 is 0 Å². The number of hydrogen-bond acceptors (Lipinski definition) is 5. The molecule has 0 aliphatic rings. The number of hydrogen-bond donors (Lipinski definition) is 1. The monoisotopic (exact) mass is 380 g/mol. The van der Waals surface area contributed by atoms with Crippen molar-refractivity contribution in [2.45, 2.75) is 26.0 Å². The van der Waals surface area contributed by atoms with Gasteiger partial charge in [0.1, 0.15) is 0 Å². The van der Waals surface area contributed by atoms with E-state index < -0.39 is 0 Å². The number of thioether (sulfide) groups is 1. The Hall–Kier alpha value is -2.86. The molecule has 0 fully saturated rings. The van der Waals surface area contributed by atoms with E-state index in [-0.39, 0.29) is 17.4 Å². The Kier molecular flexibility index (Phi) is 5.76. The largest absolute Gasteiger partial charge is 0.431 e. The standard InChI is InChI=1S/C21H20N2O3S/c1-13-7-8-17(9-14(13)2)19-11-22-21(26-19)27-12-20(25)23-18-6-4-5-16(10-18)15(3)24/h4-11H,12H2,1-3H3,(H,23,25). The maximum Gasteiger partial charge on any atom is 0.256 e. The van der Waals surface area contributed by atoms with Crippen LogP contribution in [0.3, 0.4) is 0 Å². The number of nitrogens with zero attached hydrogens (tertiary/aromatic N) is 1. The number of carbonyl (C=O) groups is 2. The molecule has 0 spiro atoms. The van der Waals surface area contributed by atoms with E-state index in [1.165, 1.54) is 29.8 Å². The minimum atomic E-state index is -0.188. The third-order valence-electron chi connectivity index (χ3n) is 4.16. The number of aromatic nitrogens is 1. The van der Waals surface area contributed by atoms with Gasteiger partial charge in [-0.05, 0) is 50.1 Å². The Bertz CT molecular complexity index is 995. The summed E-state index contributed by atoms with van der Waals surface area (Å²) >= 11 is 1.22. The van der Waals surface area contributed by atoms with Gasteiger partial charge in [-0.25, -0.2) is 4.98 Å². The van der Waals surface area contributed by atoms with Crippen molar-refractivity contribution in [1.82, 2.24) is 4.98 Å². The molecular formula is C21H20N2O3S. The Balaban J connectivity index is 1.59. The molecule has 138 valence electrons. The summed E-state index contributed by atoms with van der Waals surface area (Å²) in [6, 6.07) is 13.0. The molecular weight excluding hydrogens is 360 g/mol. The second-order valence-electron chi connectivity index (χ2n) is 6.26. The van der Waals surface area contributed by atoms with Gasteiger partial charge in [0.2, 0.25) is 5.91 Å². The first-order chi connectivity index (χ1) is 12.9. The third-order valence-corrected chi connectivity index (χ3v) is 5.00. The summed E-state index contributed by atoms with van der Waals surface area (Å²) < 4.78 is 5.74. The van der Waals surface area contributed by atoms with E-state index in [2.05, 4.69) is 30.2 Å². The molecule has 6 heteroatoms. The number of ketones is 1. The number of nitrogens with one attached hydrogen (secondary N) is 1. The van der Waals surface area contributed by atoms with Crippen LogP contribution in [0, 0.1) is 13.8 Å². The first-order valence-electron chi connectivity index (χ1n) is 8.49. The SMILES string of the molecule is CC(=O)c1cccc(NC(=O)CSc2ncc(-c3ccc(C)c(C)c3)o2)c1. The molecule has 0 aliphatic heterocycles. The Labute approximate surface area is 162 Å². The smallest absolute Gasteiger partial charge is 0.256 e. The lowest BCUT2D eigenvalue weighted by molar-refractivity contribution is -0.113. The predicted octanol–water partition coefficient (Wildman–Crippen LogP) is 4.89. The lowest BCUT2D eigenvalue weighted by Gasteiger charge is -2.05. The van der Waals surface area contributed by atoms with Crippen molar-refractivity contribution < 1.29 is 14.0 Å². The van der Waals surface area contributed by atoms with E-state index in [1.807, 2.05) is 12.1 Å². The number of carbonyl (C=O) groups excluding carboxylic acids is 2. The van der Waals surface area contributed by atoms with Crippen molar-refractivity contribution in [2.24, 2.45) is 0 Å². The Morgan fingerprint density at radius 2 is 1.93 bits per heavy atom. The molecule has 0 atom stereocenters. The fourth-order valence-corrected chi connectivity index (χ4v) is 3.10. The van der Waals surface area contributed by atoms with Gasteiger partial charge in [-0.15, -0.1) is 0 Å². The van der Waals surface area contributed by atoms with E-state index in [1.54, 1.807) is 30.5 Å². The van der Waals surface area contributed by atoms with Gasteiger partial charge in [-0.1, -0.05) is 36.0 Å². The number of amides is 1. The van der Waals surface area contributed by atoms with Gasteiger partial charge in [0, 0.05) is 16.8 Å². The summed E-state index contributed by atoms with van der Waals surface area (Å²) in [5, 5.41) is 3.22. The number of benzene rings is 2. The fraction of sp³-hybridized carbons (Fsp3) is 0.190. The first kappa shape index (κ1) is 18.9. The molecule has 0 saturated heterocycles. The summed E-state index contributed by atoms with van der Waals surface area (Å²) in [5.41, 5.74) is 4.52. The van der Waals surface area contributed by atoms with Gasteiger partial charge in [0.05, 0.1) is 11.9 Å². The highest BCUT2D eigenvalue weighted by Crippen LogP contribution is 2.27. The zero-order valence-corrected chi connectivity index (χ0v) is 16.2. The molecule has 1 amide bonds. The van der Waals surface area contributed by atoms with Crippen LogP contribution in [0.4, 0.5) is 5.69 Å². The van der Waals surface area contributed by atoms with Crippen molar-refractivity contribution >= 4 is 29.1 Å². The molecule has 0 radical (unpaired) electrons. The molecule has 27 heavy (non-hydrogen) atoms. The molecule has 3 rings (SSSR count). The number of oxazole rings is 1. The first-order valence-corrected chi connectivity index (χ1v) is 9.48. The lowest BCUT2D eigenvalue weighted by atomic mass is 10.1. The van der Waals surface area contributed by atoms with Crippen molar-refractivity contribution in [3.63, 3.8) is 0 Å². The highest BCUT2D eigenvalue weighted by Gasteiger charge is 2.11. The summed E-state index contributed by atoms with van der Waals surface area (Å²) in [6.07, 6.45) is 1.67. The van der Waals surface area contributed by atoms with Crippen LogP contribution in [-0.2, 0) is 4.79 Å². The summed E-state index contributed by atoms with van der Waals surface area (Å²) in [5.74, 6) is 0.609. The molecule has 1 N–H and O–H groups in total. The third kappa shape index (κ3) is 4.86. The average molecular weight is 380 g/mol. The van der Waals surface area contributed by atoms with Crippen LogP contribution >= 0.6 is 11.8 Å². The van der Waals surface area contributed by atoms with Crippen LogP contribution in [0.5, 0.6) is 0 Å². The van der Waals surface area contributed by atoms with E-state index in [0.717, 1.165) is 5.56 Å². The van der Waals surface area contributed by atoms with Gasteiger partial charge in [0.25, 0.3) is 5.22 Å². The van der Waals surface area contributed by atoms with Crippen LogP contribution in [0.2, 0.25) is 0 Å². The molecule has 2 aromatic carbocycles. The highest BCUT2D eigenvalue weighted by atomic mass is 32.2. The predicted molar refractivity (Wildman–Crippen MR) is 107 cm³/mol. The normalized spacial score (nSPS) is 10.6. The number of anilines is 1. The molecule has 1 heterocycles. The van der Waals surface area contributed by atoms with Gasteiger partial charge in [-0.3, -0.25) is 9.59 Å². The van der Waals surface area contributed by atoms with Crippen LogP contribution in [0.25, 0.3) is 11.3 Å². The summed E-state index contributed by atoms with van der Waals surface area (Å²) in [7, 11) is 0. The number of Topliss-reactive ketones (excluding diaryl/α,β-unsaturated/α-hetero) is 1. The molecule has 3 aromatic rings. The fourth-order valence-electron chi connectivity index (χ4n) is 2.49. The molecule has 0 aliphatic carbocycles. The molecule has 5 nitrogen and oxygen atoms in total. The van der Waals surface area contributed by atoms with Crippen molar-refractivity contribution in [3.8, 4) is 11.3 Å². The molecule has 0 saturated carbocycles. The van der Waals surface area contributed by atoms with Crippen LogP contribution in [-0.4, -0.2) is 22.4 Å².